The number of benzene rings is 2. The number of rotatable bonds is 4. The second-order valence-corrected chi connectivity index (χ2v) is 6.79. The molecule has 1 saturated heterocycles. The van der Waals surface area contributed by atoms with Crippen LogP contribution in [-0.4, -0.2) is 29.5 Å². The van der Waals surface area contributed by atoms with Gasteiger partial charge in [0.05, 0.1) is 0 Å². The molecule has 0 spiro atoms. The first-order valence-electron chi connectivity index (χ1n) is 8.82. The Balaban J connectivity index is 1.38. The molecular weight excluding hydrogens is 299 g/mol. The first-order valence-corrected chi connectivity index (χ1v) is 8.82. The zero-order chi connectivity index (χ0) is 16.4. The lowest BCUT2D eigenvalue weighted by molar-refractivity contribution is 0.215. The summed E-state index contributed by atoms with van der Waals surface area (Å²) in [5.41, 5.74) is 3.73. The highest BCUT2D eigenvalue weighted by molar-refractivity contribution is 5.83. The number of nitrogens with one attached hydrogen (secondary N) is 1. The van der Waals surface area contributed by atoms with Crippen LogP contribution in [-0.2, 0) is 6.42 Å². The lowest BCUT2D eigenvalue weighted by Gasteiger charge is -2.32. The van der Waals surface area contributed by atoms with Crippen molar-refractivity contribution in [1.82, 2.24) is 9.88 Å². The highest BCUT2D eigenvalue weighted by Gasteiger charge is 2.22. The summed E-state index contributed by atoms with van der Waals surface area (Å²) in [6.45, 7) is 3.37. The first kappa shape index (κ1) is 15.4. The maximum Gasteiger partial charge on any atom is 0.123 e. The van der Waals surface area contributed by atoms with Gasteiger partial charge in [-0.3, -0.25) is 0 Å². The van der Waals surface area contributed by atoms with Crippen LogP contribution in [0.1, 0.15) is 29.9 Å². The van der Waals surface area contributed by atoms with Gasteiger partial charge in [0.2, 0.25) is 0 Å². The van der Waals surface area contributed by atoms with Crippen molar-refractivity contribution < 1.29 is 4.39 Å². The molecule has 0 aliphatic carbocycles. The average molecular weight is 322 g/mol. The van der Waals surface area contributed by atoms with E-state index in [1.54, 1.807) is 6.07 Å². The Bertz CT molecular complexity index is 801. The van der Waals surface area contributed by atoms with Crippen molar-refractivity contribution in [3.63, 3.8) is 0 Å². The number of hydrogen-bond donors (Lipinski definition) is 1. The fourth-order valence-corrected chi connectivity index (χ4v) is 3.85. The molecule has 1 fully saturated rings. The van der Waals surface area contributed by atoms with Crippen molar-refractivity contribution in [2.24, 2.45) is 0 Å². The third-order valence-electron chi connectivity index (χ3n) is 5.26. The number of fused-ring (bicyclic) bond motifs is 1. The molecule has 1 N–H and O–H groups in total. The molecule has 0 atom stereocenters. The maximum atomic E-state index is 13.6. The minimum atomic E-state index is -0.149. The van der Waals surface area contributed by atoms with Crippen molar-refractivity contribution >= 4 is 10.9 Å². The quantitative estimate of drug-likeness (QED) is 0.736. The predicted molar refractivity (Wildman–Crippen MR) is 96.8 cm³/mol. The van der Waals surface area contributed by atoms with Gasteiger partial charge in [0.25, 0.3) is 0 Å². The Hall–Kier alpha value is -2.13. The van der Waals surface area contributed by atoms with Crippen molar-refractivity contribution in [1.29, 1.82) is 0 Å². The second-order valence-electron chi connectivity index (χ2n) is 6.79. The minimum absolute atomic E-state index is 0.149. The van der Waals surface area contributed by atoms with Crippen molar-refractivity contribution in [2.45, 2.75) is 25.2 Å². The molecule has 2 heterocycles. The summed E-state index contributed by atoms with van der Waals surface area (Å²) < 4.78 is 13.6. The number of aromatic amines is 1. The summed E-state index contributed by atoms with van der Waals surface area (Å²) in [4.78, 5) is 5.84. The molecule has 2 aromatic carbocycles. The van der Waals surface area contributed by atoms with Crippen LogP contribution in [0.4, 0.5) is 4.39 Å². The lowest BCUT2D eigenvalue weighted by Crippen LogP contribution is -2.34. The molecule has 0 bridgehead atoms. The van der Waals surface area contributed by atoms with E-state index in [9.17, 15) is 4.39 Å². The average Bonchev–Trinajstić information content (AvgIpc) is 3.04. The summed E-state index contributed by atoms with van der Waals surface area (Å²) in [5, 5.41) is 1.05. The van der Waals surface area contributed by atoms with E-state index >= 15 is 0 Å². The van der Waals surface area contributed by atoms with Gasteiger partial charge in [-0.2, -0.15) is 0 Å². The number of H-pyrrole nitrogens is 1. The van der Waals surface area contributed by atoms with E-state index in [4.69, 9.17) is 0 Å². The monoisotopic (exact) mass is 322 g/mol. The normalized spacial score (nSPS) is 16.7. The van der Waals surface area contributed by atoms with Crippen molar-refractivity contribution in [3.05, 3.63) is 71.7 Å². The molecule has 4 rings (SSSR count). The molecule has 3 heteroatoms. The Morgan fingerprint density at radius 2 is 1.83 bits per heavy atom. The number of piperidine rings is 1. The summed E-state index contributed by atoms with van der Waals surface area (Å²) in [6.07, 6.45) is 5.49. The Labute approximate surface area is 142 Å². The molecule has 3 aromatic rings. The molecule has 0 amide bonds. The zero-order valence-electron chi connectivity index (χ0n) is 13.8. The van der Waals surface area contributed by atoms with Crippen LogP contribution in [0.15, 0.2) is 54.7 Å². The van der Waals surface area contributed by atoms with Crippen LogP contribution < -0.4 is 0 Å². The number of aromatic nitrogens is 1. The van der Waals surface area contributed by atoms with Gasteiger partial charge in [0, 0.05) is 23.6 Å². The summed E-state index contributed by atoms with van der Waals surface area (Å²) in [5.74, 6) is 0.386. The molecule has 0 unspecified atom stereocenters. The third kappa shape index (κ3) is 3.22. The van der Waals surface area contributed by atoms with Crippen LogP contribution in [0.3, 0.4) is 0 Å². The lowest BCUT2D eigenvalue weighted by atomic mass is 9.89. The van der Waals surface area contributed by atoms with E-state index in [1.807, 2.05) is 6.07 Å². The van der Waals surface area contributed by atoms with E-state index in [2.05, 4.69) is 46.4 Å². The third-order valence-corrected chi connectivity index (χ3v) is 5.26. The van der Waals surface area contributed by atoms with Gasteiger partial charge in [-0.15, -0.1) is 0 Å². The van der Waals surface area contributed by atoms with Crippen LogP contribution in [0.5, 0.6) is 0 Å². The van der Waals surface area contributed by atoms with Gasteiger partial charge in [0.15, 0.2) is 0 Å². The van der Waals surface area contributed by atoms with Crippen LogP contribution in [0.2, 0.25) is 0 Å². The van der Waals surface area contributed by atoms with E-state index < -0.39 is 0 Å². The van der Waals surface area contributed by atoms with Gasteiger partial charge in [-0.25, -0.2) is 4.39 Å². The van der Waals surface area contributed by atoms with E-state index in [0.717, 1.165) is 49.8 Å². The van der Waals surface area contributed by atoms with Crippen molar-refractivity contribution in [3.8, 4) is 0 Å². The molecule has 0 saturated carbocycles. The molecular formula is C21H23FN2. The topological polar surface area (TPSA) is 19.0 Å². The molecule has 2 nitrogen and oxygen atoms in total. The SMILES string of the molecule is Fc1ccc2[nH]cc(C3CCN(CCc4ccccc4)CC3)c2c1. The molecule has 124 valence electrons. The van der Waals surface area contributed by atoms with E-state index in [0.29, 0.717) is 5.92 Å². The number of likely N-dealkylation sites (tertiary alicyclic amines) is 1. The molecule has 0 radical (unpaired) electrons. The Morgan fingerprint density at radius 3 is 2.62 bits per heavy atom. The largest absolute Gasteiger partial charge is 0.361 e. The first-order chi connectivity index (χ1) is 11.8. The van der Waals surface area contributed by atoms with Gasteiger partial charge in [-0.05, 0) is 67.6 Å². The summed E-state index contributed by atoms with van der Waals surface area (Å²) in [6, 6.07) is 15.7. The maximum absolute atomic E-state index is 13.6. The van der Waals surface area contributed by atoms with Crippen molar-refractivity contribution in [2.75, 3.05) is 19.6 Å². The highest BCUT2D eigenvalue weighted by atomic mass is 19.1. The molecule has 1 aliphatic heterocycles. The Morgan fingerprint density at radius 1 is 1.04 bits per heavy atom. The Kier molecular flexibility index (Phi) is 4.35. The molecule has 1 aromatic heterocycles. The summed E-state index contributed by atoms with van der Waals surface area (Å²) in [7, 11) is 0. The predicted octanol–water partition coefficient (Wildman–Crippen LogP) is 4.73. The van der Waals surface area contributed by atoms with Gasteiger partial charge >= 0.3 is 0 Å². The molecule has 24 heavy (non-hydrogen) atoms. The smallest absolute Gasteiger partial charge is 0.123 e. The highest BCUT2D eigenvalue weighted by Crippen LogP contribution is 2.33. The number of halogens is 1. The minimum Gasteiger partial charge on any atom is -0.361 e. The standard InChI is InChI=1S/C21H23FN2/c22-18-6-7-21-19(14-18)20(15-23-21)17-9-12-24(13-10-17)11-8-16-4-2-1-3-5-16/h1-7,14-15,17,23H,8-13H2. The van der Waals surface area contributed by atoms with Gasteiger partial charge in [0.1, 0.15) is 5.82 Å². The second kappa shape index (κ2) is 6.78. The van der Waals surface area contributed by atoms with Crippen LogP contribution >= 0.6 is 0 Å². The fraction of sp³-hybridized carbons (Fsp3) is 0.333. The number of hydrogen-bond acceptors (Lipinski definition) is 1. The fourth-order valence-electron chi connectivity index (χ4n) is 3.85. The van der Waals surface area contributed by atoms with Crippen LogP contribution in [0.25, 0.3) is 10.9 Å². The van der Waals surface area contributed by atoms with E-state index in [1.165, 1.54) is 17.2 Å². The number of nitrogens with zero attached hydrogens (tertiary/aromatic N) is 1. The zero-order valence-corrected chi connectivity index (χ0v) is 13.8. The summed E-state index contributed by atoms with van der Waals surface area (Å²) >= 11 is 0. The van der Waals surface area contributed by atoms with E-state index in [-0.39, 0.29) is 5.82 Å². The van der Waals surface area contributed by atoms with Gasteiger partial charge in [-0.1, -0.05) is 30.3 Å². The van der Waals surface area contributed by atoms with Gasteiger partial charge < -0.3 is 9.88 Å². The molecule has 1 aliphatic rings. The van der Waals surface area contributed by atoms with Crippen LogP contribution in [0, 0.1) is 5.82 Å².